The molecule has 0 saturated heterocycles. The van der Waals surface area contributed by atoms with E-state index in [0.29, 0.717) is 17.5 Å². The summed E-state index contributed by atoms with van der Waals surface area (Å²) in [6.45, 7) is 6.79. The van der Waals surface area contributed by atoms with Gasteiger partial charge in [0.25, 0.3) is 5.91 Å². The van der Waals surface area contributed by atoms with Crippen LogP contribution in [0.25, 0.3) is 0 Å². The van der Waals surface area contributed by atoms with E-state index in [-0.39, 0.29) is 11.3 Å². The molecule has 0 radical (unpaired) electrons. The lowest BCUT2D eigenvalue weighted by atomic mass is 9.69. The lowest BCUT2D eigenvalue weighted by molar-refractivity contribution is 0.0830. The first-order valence-corrected chi connectivity index (χ1v) is 6.78. The van der Waals surface area contributed by atoms with Crippen molar-refractivity contribution in [2.24, 2.45) is 11.3 Å². The van der Waals surface area contributed by atoms with E-state index in [0.717, 1.165) is 6.42 Å². The zero-order chi connectivity index (χ0) is 13.2. The molecule has 1 aliphatic rings. The normalized spacial score (nSPS) is 24.8. The molecule has 2 rings (SSSR count). The van der Waals surface area contributed by atoms with Crippen LogP contribution in [0.15, 0.2) is 12.4 Å². The van der Waals surface area contributed by atoms with E-state index < -0.39 is 0 Å². The van der Waals surface area contributed by atoms with Gasteiger partial charge in [0.05, 0.1) is 11.8 Å². The molecule has 0 spiro atoms. The summed E-state index contributed by atoms with van der Waals surface area (Å²) in [4.78, 5) is 12.1. The molecule has 2 atom stereocenters. The van der Waals surface area contributed by atoms with E-state index in [2.05, 4.69) is 36.3 Å². The highest BCUT2D eigenvalue weighted by molar-refractivity contribution is 5.93. The van der Waals surface area contributed by atoms with Crippen molar-refractivity contribution in [2.75, 3.05) is 0 Å². The predicted octanol–water partition coefficient (Wildman–Crippen LogP) is 2.74. The highest BCUT2D eigenvalue weighted by atomic mass is 16.1. The summed E-state index contributed by atoms with van der Waals surface area (Å²) in [5, 5.41) is 9.68. The summed E-state index contributed by atoms with van der Waals surface area (Å²) in [5.74, 6) is 0.548. The molecule has 100 valence electrons. The van der Waals surface area contributed by atoms with Gasteiger partial charge in [-0.25, -0.2) is 0 Å². The zero-order valence-corrected chi connectivity index (χ0v) is 11.5. The molecule has 4 heteroatoms. The SMILES string of the molecule is CC(C)(C)C1CCCCC1NC(=O)c1cn[nH]c1. The van der Waals surface area contributed by atoms with Gasteiger partial charge >= 0.3 is 0 Å². The molecule has 0 aromatic carbocycles. The van der Waals surface area contributed by atoms with E-state index in [4.69, 9.17) is 0 Å². The first kappa shape index (κ1) is 13.1. The molecule has 1 aromatic heterocycles. The summed E-state index contributed by atoms with van der Waals surface area (Å²) in [6.07, 6.45) is 8.00. The average molecular weight is 249 g/mol. The third-order valence-corrected chi connectivity index (χ3v) is 3.96. The van der Waals surface area contributed by atoms with Crippen LogP contribution in [-0.2, 0) is 0 Å². The van der Waals surface area contributed by atoms with Gasteiger partial charge in [-0.2, -0.15) is 5.10 Å². The maximum absolute atomic E-state index is 12.1. The number of nitrogens with zero attached hydrogens (tertiary/aromatic N) is 1. The molecule has 1 heterocycles. The van der Waals surface area contributed by atoms with Crippen molar-refractivity contribution in [1.29, 1.82) is 0 Å². The quantitative estimate of drug-likeness (QED) is 0.846. The summed E-state index contributed by atoms with van der Waals surface area (Å²) in [5.41, 5.74) is 0.864. The van der Waals surface area contributed by atoms with Crippen LogP contribution in [0.3, 0.4) is 0 Å². The summed E-state index contributed by atoms with van der Waals surface area (Å²) >= 11 is 0. The average Bonchev–Trinajstić information content (AvgIpc) is 2.81. The number of amides is 1. The number of hydrogen-bond donors (Lipinski definition) is 2. The van der Waals surface area contributed by atoms with Gasteiger partial charge in [-0.05, 0) is 24.2 Å². The zero-order valence-electron chi connectivity index (χ0n) is 11.5. The van der Waals surface area contributed by atoms with Gasteiger partial charge in [0.15, 0.2) is 0 Å². The minimum atomic E-state index is -0.00935. The second-order valence-corrected chi connectivity index (χ2v) is 6.32. The molecule has 4 nitrogen and oxygen atoms in total. The fourth-order valence-corrected chi connectivity index (χ4v) is 2.97. The minimum absolute atomic E-state index is 0.00935. The van der Waals surface area contributed by atoms with Crippen LogP contribution in [0.2, 0.25) is 0 Å². The fraction of sp³-hybridized carbons (Fsp3) is 0.714. The summed E-state index contributed by atoms with van der Waals surface area (Å²) in [6, 6.07) is 0.293. The fourth-order valence-electron chi connectivity index (χ4n) is 2.97. The molecule has 1 saturated carbocycles. The van der Waals surface area contributed by atoms with E-state index in [1.165, 1.54) is 19.3 Å². The van der Waals surface area contributed by atoms with Crippen LogP contribution in [0.5, 0.6) is 0 Å². The Morgan fingerprint density at radius 1 is 1.39 bits per heavy atom. The van der Waals surface area contributed by atoms with Crippen molar-refractivity contribution in [1.82, 2.24) is 15.5 Å². The van der Waals surface area contributed by atoms with E-state index in [9.17, 15) is 4.79 Å². The van der Waals surface area contributed by atoms with Gasteiger partial charge in [0.2, 0.25) is 0 Å². The van der Waals surface area contributed by atoms with Crippen LogP contribution < -0.4 is 5.32 Å². The molecule has 2 unspecified atom stereocenters. The Kier molecular flexibility index (Phi) is 3.73. The molecule has 1 amide bonds. The number of nitrogens with one attached hydrogen (secondary N) is 2. The summed E-state index contributed by atoms with van der Waals surface area (Å²) < 4.78 is 0. The molecule has 2 N–H and O–H groups in total. The van der Waals surface area contributed by atoms with Gasteiger partial charge in [0.1, 0.15) is 0 Å². The topological polar surface area (TPSA) is 57.8 Å². The van der Waals surface area contributed by atoms with E-state index in [1.807, 2.05) is 0 Å². The molecule has 18 heavy (non-hydrogen) atoms. The Hall–Kier alpha value is -1.32. The Labute approximate surface area is 109 Å². The monoisotopic (exact) mass is 249 g/mol. The minimum Gasteiger partial charge on any atom is -0.349 e. The van der Waals surface area contributed by atoms with Crippen LogP contribution >= 0.6 is 0 Å². The second kappa shape index (κ2) is 5.12. The molecular formula is C14H23N3O. The largest absolute Gasteiger partial charge is 0.349 e. The molecular weight excluding hydrogens is 226 g/mol. The van der Waals surface area contributed by atoms with Gasteiger partial charge in [-0.3, -0.25) is 9.89 Å². The van der Waals surface area contributed by atoms with E-state index >= 15 is 0 Å². The Morgan fingerprint density at radius 2 is 2.11 bits per heavy atom. The molecule has 1 fully saturated rings. The van der Waals surface area contributed by atoms with Gasteiger partial charge in [-0.1, -0.05) is 33.6 Å². The third kappa shape index (κ3) is 2.92. The highest BCUT2D eigenvalue weighted by Gasteiger charge is 2.34. The standard InChI is InChI=1S/C14H23N3O/c1-14(2,3)11-6-4-5-7-12(11)17-13(18)10-8-15-16-9-10/h8-9,11-12H,4-7H2,1-3H3,(H,15,16)(H,17,18). The Morgan fingerprint density at radius 3 is 2.72 bits per heavy atom. The number of carbonyl (C=O) groups excluding carboxylic acids is 1. The summed E-state index contributed by atoms with van der Waals surface area (Å²) in [7, 11) is 0. The van der Waals surface area contributed by atoms with Crippen molar-refractivity contribution in [3.63, 3.8) is 0 Å². The molecule has 0 aliphatic heterocycles. The maximum Gasteiger partial charge on any atom is 0.254 e. The van der Waals surface area contributed by atoms with Crippen LogP contribution in [0.1, 0.15) is 56.8 Å². The first-order valence-electron chi connectivity index (χ1n) is 6.78. The molecule has 0 bridgehead atoms. The van der Waals surface area contributed by atoms with Crippen molar-refractivity contribution in [3.05, 3.63) is 18.0 Å². The van der Waals surface area contributed by atoms with E-state index in [1.54, 1.807) is 12.4 Å². The van der Waals surface area contributed by atoms with Gasteiger partial charge in [-0.15, -0.1) is 0 Å². The second-order valence-electron chi connectivity index (χ2n) is 6.32. The maximum atomic E-state index is 12.1. The van der Waals surface area contributed by atoms with Crippen LogP contribution in [-0.4, -0.2) is 22.1 Å². The number of H-pyrrole nitrogens is 1. The first-order chi connectivity index (χ1) is 8.48. The van der Waals surface area contributed by atoms with Crippen LogP contribution in [0, 0.1) is 11.3 Å². The van der Waals surface area contributed by atoms with Crippen molar-refractivity contribution >= 4 is 5.91 Å². The third-order valence-electron chi connectivity index (χ3n) is 3.96. The van der Waals surface area contributed by atoms with Gasteiger partial charge in [0, 0.05) is 12.2 Å². The number of aromatic amines is 1. The van der Waals surface area contributed by atoms with Crippen molar-refractivity contribution in [2.45, 2.75) is 52.5 Å². The number of aromatic nitrogens is 2. The van der Waals surface area contributed by atoms with Crippen molar-refractivity contribution in [3.8, 4) is 0 Å². The Balaban J connectivity index is 2.04. The predicted molar refractivity (Wildman–Crippen MR) is 71.3 cm³/mol. The number of carbonyl (C=O) groups is 1. The number of rotatable bonds is 2. The number of hydrogen-bond acceptors (Lipinski definition) is 2. The smallest absolute Gasteiger partial charge is 0.254 e. The lowest BCUT2D eigenvalue weighted by Crippen LogP contribution is -2.46. The molecule has 1 aromatic rings. The Bertz CT molecular complexity index is 392. The van der Waals surface area contributed by atoms with Crippen LogP contribution in [0.4, 0.5) is 0 Å². The lowest BCUT2D eigenvalue weighted by Gasteiger charge is -2.40. The highest BCUT2D eigenvalue weighted by Crippen LogP contribution is 2.38. The molecule has 1 aliphatic carbocycles. The van der Waals surface area contributed by atoms with Crippen molar-refractivity contribution < 1.29 is 4.79 Å². The van der Waals surface area contributed by atoms with Gasteiger partial charge < -0.3 is 5.32 Å².